The second kappa shape index (κ2) is 5.18. The van der Waals surface area contributed by atoms with Crippen LogP contribution in [0.5, 0.6) is 0 Å². The molecule has 112 valence electrons. The standard InChI is InChI=1S/C17H17FN4/c1-12-7-20-22(8-12)16-10-21(11-16)9-14-6-15(18)5-13-3-2-4-19-17(13)14/h2-8,16H,9-11H2,1H3. The Morgan fingerprint density at radius 2 is 2.18 bits per heavy atom. The zero-order chi connectivity index (χ0) is 15.1. The van der Waals surface area contributed by atoms with E-state index in [9.17, 15) is 4.39 Å². The summed E-state index contributed by atoms with van der Waals surface area (Å²) < 4.78 is 15.8. The minimum Gasteiger partial charge on any atom is -0.295 e. The second-order valence-electron chi connectivity index (χ2n) is 5.99. The van der Waals surface area contributed by atoms with Crippen molar-refractivity contribution in [2.45, 2.75) is 19.5 Å². The molecule has 0 N–H and O–H groups in total. The molecule has 0 amide bonds. The van der Waals surface area contributed by atoms with E-state index in [0.717, 1.165) is 36.1 Å². The average Bonchev–Trinajstić information content (AvgIpc) is 2.88. The number of rotatable bonds is 3. The average molecular weight is 296 g/mol. The van der Waals surface area contributed by atoms with Crippen LogP contribution < -0.4 is 0 Å². The van der Waals surface area contributed by atoms with Gasteiger partial charge in [0.1, 0.15) is 5.82 Å². The van der Waals surface area contributed by atoms with E-state index >= 15 is 0 Å². The van der Waals surface area contributed by atoms with Crippen LogP contribution in [0.15, 0.2) is 42.9 Å². The Balaban J connectivity index is 1.51. The van der Waals surface area contributed by atoms with Crippen molar-refractivity contribution in [3.8, 4) is 0 Å². The number of hydrogen-bond donors (Lipinski definition) is 0. The Kier molecular flexibility index (Phi) is 3.15. The summed E-state index contributed by atoms with van der Waals surface area (Å²) in [5, 5.41) is 5.22. The number of nitrogens with zero attached hydrogens (tertiary/aromatic N) is 4. The van der Waals surface area contributed by atoms with Crippen molar-refractivity contribution < 1.29 is 4.39 Å². The van der Waals surface area contributed by atoms with Gasteiger partial charge in [0.2, 0.25) is 0 Å². The number of likely N-dealkylation sites (tertiary alicyclic amines) is 1. The van der Waals surface area contributed by atoms with Crippen molar-refractivity contribution in [1.29, 1.82) is 0 Å². The Hall–Kier alpha value is -2.27. The first-order valence-electron chi connectivity index (χ1n) is 7.45. The fraction of sp³-hybridized carbons (Fsp3) is 0.294. The van der Waals surface area contributed by atoms with Crippen LogP contribution in [0.1, 0.15) is 17.2 Å². The van der Waals surface area contributed by atoms with E-state index < -0.39 is 0 Å². The third kappa shape index (κ3) is 2.37. The summed E-state index contributed by atoms with van der Waals surface area (Å²) in [5.74, 6) is -0.199. The summed E-state index contributed by atoms with van der Waals surface area (Å²) in [6, 6.07) is 7.30. The van der Waals surface area contributed by atoms with E-state index in [2.05, 4.69) is 21.2 Å². The molecule has 4 nitrogen and oxygen atoms in total. The van der Waals surface area contributed by atoms with Gasteiger partial charge in [-0.15, -0.1) is 0 Å². The Morgan fingerprint density at radius 1 is 1.32 bits per heavy atom. The summed E-state index contributed by atoms with van der Waals surface area (Å²) in [5.41, 5.74) is 3.02. The number of pyridine rings is 1. The molecule has 0 aliphatic carbocycles. The molecule has 1 aromatic carbocycles. The molecule has 0 spiro atoms. The molecular weight excluding hydrogens is 279 g/mol. The minimum absolute atomic E-state index is 0.199. The third-order valence-electron chi connectivity index (χ3n) is 4.19. The summed E-state index contributed by atoms with van der Waals surface area (Å²) in [7, 11) is 0. The minimum atomic E-state index is -0.199. The van der Waals surface area contributed by atoms with E-state index in [-0.39, 0.29) is 5.82 Å². The lowest BCUT2D eigenvalue weighted by Gasteiger charge is -2.39. The highest BCUT2D eigenvalue weighted by atomic mass is 19.1. The van der Waals surface area contributed by atoms with Crippen LogP contribution in [0.3, 0.4) is 0 Å². The molecule has 3 heterocycles. The number of halogens is 1. The number of benzene rings is 1. The number of aryl methyl sites for hydroxylation is 1. The lowest BCUT2D eigenvalue weighted by Crippen LogP contribution is -2.47. The lowest BCUT2D eigenvalue weighted by atomic mass is 10.0. The molecule has 22 heavy (non-hydrogen) atoms. The number of aromatic nitrogens is 3. The van der Waals surface area contributed by atoms with Gasteiger partial charge >= 0.3 is 0 Å². The topological polar surface area (TPSA) is 34.0 Å². The molecule has 1 aliphatic rings. The van der Waals surface area contributed by atoms with Crippen LogP contribution >= 0.6 is 0 Å². The van der Waals surface area contributed by atoms with Crippen LogP contribution in [-0.2, 0) is 6.54 Å². The molecule has 1 fully saturated rings. The molecule has 3 aromatic rings. The maximum Gasteiger partial charge on any atom is 0.124 e. The van der Waals surface area contributed by atoms with E-state index in [4.69, 9.17) is 0 Å². The first-order chi connectivity index (χ1) is 10.7. The maximum atomic E-state index is 13.8. The van der Waals surface area contributed by atoms with Gasteiger partial charge in [-0.2, -0.15) is 5.10 Å². The van der Waals surface area contributed by atoms with E-state index in [1.807, 2.05) is 29.9 Å². The molecule has 0 atom stereocenters. The van der Waals surface area contributed by atoms with Gasteiger partial charge in [-0.25, -0.2) is 4.39 Å². The summed E-state index contributed by atoms with van der Waals surface area (Å²) in [6.07, 6.45) is 5.71. The molecule has 1 saturated heterocycles. The van der Waals surface area contributed by atoms with Gasteiger partial charge in [-0.05, 0) is 36.2 Å². The van der Waals surface area contributed by atoms with E-state index in [1.165, 1.54) is 11.6 Å². The van der Waals surface area contributed by atoms with Gasteiger partial charge in [-0.3, -0.25) is 14.6 Å². The van der Waals surface area contributed by atoms with E-state index in [1.54, 1.807) is 12.3 Å². The SMILES string of the molecule is Cc1cnn(C2CN(Cc3cc(F)cc4cccnc34)C2)c1. The monoisotopic (exact) mass is 296 g/mol. The Morgan fingerprint density at radius 3 is 2.95 bits per heavy atom. The zero-order valence-corrected chi connectivity index (χ0v) is 12.4. The predicted octanol–water partition coefficient (Wildman–Crippen LogP) is 2.94. The van der Waals surface area contributed by atoms with Gasteiger partial charge in [0.15, 0.2) is 0 Å². The second-order valence-corrected chi connectivity index (χ2v) is 5.99. The zero-order valence-electron chi connectivity index (χ0n) is 12.4. The normalized spacial score (nSPS) is 16.1. The molecule has 4 rings (SSSR count). The van der Waals surface area contributed by atoms with Gasteiger partial charge in [-0.1, -0.05) is 6.07 Å². The van der Waals surface area contributed by atoms with Gasteiger partial charge in [0.05, 0.1) is 17.8 Å². The summed E-state index contributed by atoms with van der Waals surface area (Å²) in [4.78, 5) is 6.70. The fourth-order valence-electron chi connectivity index (χ4n) is 3.06. The van der Waals surface area contributed by atoms with Crippen LogP contribution in [0.2, 0.25) is 0 Å². The first-order valence-corrected chi connectivity index (χ1v) is 7.45. The lowest BCUT2D eigenvalue weighted by molar-refractivity contribution is 0.0912. The molecule has 0 bridgehead atoms. The Bertz CT molecular complexity index is 820. The molecule has 0 radical (unpaired) electrons. The highest BCUT2D eigenvalue weighted by molar-refractivity contribution is 5.81. The molecule has 0 saturated carbocycles. The fourth-order valence-corrected chi connectivity index (χ4v) is 3.06. The number of hydrogen-bond acceptors (Lipinski definition) is 3. The maximum absolute atomic E-state index is 13.8. The van der Waals surface area contributed by atoms with Crippen molar-refractivity contribution in [2.75, 3.05) is 13.1 Å². The van der Waals surface area contributed by atoms with Crippen LogP contribution in [0, 0.1) is 12.7 Å². The van der Waals surface area contributed by atoms with Crippen molar-refractivity contribution in [3.05, 3.63) is 59.8 Å². The molecule has 2 aromatic heterocycles. The Labute approximate surface area is 128 Å². The summed E-state index contributed by atoms with van der Waals surface area (Å²) in [6.45, 7) is 4.64. The quantitative estimate of drug-likeness (QED) is 0.745. The van der Waals surface area contributed by atoms with Gasteiger partial charge < -0.3 is 0 Å². The van der Waals surface area contributed by atoms with E-state index in [0.29, 0.717) is 6.04 Å². The number of fused-ring (bicyclic) bond motifs is 1. The third-order valence-corrected chi connectivity index (χ3v) is 4.19. The van der Waals surface area contributed by atoms with Crippen LogP contribution in [-0.4, -0.2) is 32.8 Å². The largest absolute Gasteiger partial charge is 0.295 e. The molecule has 0 unspecified atom stereocenters. The van der Waals surface area contributed by atoms with Gasteiger partial charge in [0.25, 0.3) is 0 Å². The van der Waals surface area contributed by atoms with Crippen LogP contribution in [0.25, 0.3) is 10.9 Å². The van der Waals surface area contributed by atoms with Crippen molar-refractivity contribution >= 4 is 10.9 Å². The van der Waals surface area contributed by atoms with Crippen molar-refractivity contribution in [1.82, 2.24) is 19.7 Å². The molecular formula is C17H17FN4. The van der Waals surface area contributed by atoms with Crippen molar-refractivity contribution in [3.63, 3.8) is 0 Å². The predicted molar refractivity (Wildman–Crippen MR) is 83.0 cm³/mol. The van der Waals surface area contributed by atoms with Crippen LogP contribution in [0.4, 0.5) is 4.39 Å². The van der Waals surface area contributed by atoms with Gasteiger partial charge in [0, 0.05) is 37.4 Å². The molecule has 1 aliphatic heterocycles. The highest BCUT2D eigenvalue weighted by Crippen LogP contribution is 2.26. The highest BCUT2D eigenvalue weighted by Gasteiger charge is 2.29. The molecule has 5 heteroatoms. The first kappa shape index (κ1) is 13.4. The smallest absolute Gasteiger partial charge is 0.124 e. The van der Waals surface area contributed by atoms with Crippen molar-refractivity contribution in [2.24, 2.45) is 0 Å². The summed E-state index contributed by atoms with van der Waals surface area (Å²) >= 11 is 0.